The van der Waals surface area contributed by atoms with E-state index < -0.39 is 13.5 Å². The number of hydrogen-bond donors (Lipinski definition) is 3. The van der Waals surface area contributed by atoms with E-state index in [1.54, 1.807) is 12.1 Å². The van der Waals surface area contributed by atoms with Gasteiger partial charge in [-0.3, -0.25) is 9.79 Å². The Kier molecular flexibility index (Phi) is 3.95. The number of nitrogens with one attached hydrogen (secondary N) is 1. The number of phosphoric ester groups is 1. The Morgan fingerprint density at radius 1 is 1.52 bits per heavy atom. The van der Waals surface area contributed by atoms with Gasteiger partial charge < -0.3 is 9.51 Å². The number of likely N-dealkylation sites (N-methyl/N-ethyl adjacent to an activating group) is 1. The summed E-state index contributed by atoms with van der Waals surface area (Å²) in [4.78, 5) is 27.6. The summed E-state index contributed by atoms with van der Waals surface area (Å²) < 4.78 is 16.1. The topological polar surface area (TPSA) is 90.2 Å². The molecule has 1 aromatic heterocycles. The molecular weight excluding hydrogens is 317 g/mol. The minimum absolute atomic E-state index is 0.153. The number of likely N-dealkylation sites (tertiary alicyclic amines) is 1. The third-order valence-electron chi connectivity index (χ3n) is 4.46. The molecule has 7 nitrogen and oxygen atoms in total. The zero-order chi connectivity index (χ0) is 16.7. The smallest absolute Gasteiger partial charge is 0.404 e. The minimum Gasteiger partial charge on any atom is -0.404 e. The highest BCUT2D eigenvalue weighted by atomic mass is 31.2. The number of H-pyrrole nitrogens is 1. The van der Waals surface area contributed by atoms with Crippen LogP contribution >= 0.6 is 7.82 Å². The van der Waals surface area contributed by atoms with E-state index in [2.05, 4.69) is 14.7 Å². The standard InChI is InChI=1S/C15H18N3O4P/c1-16-15(7-4-8-18(15)2)9-11-10-17-12-5-3-6-13(14(11)12)22-23(19,20)21/h1,3,5-6,10,17H,4,7-9H2,2H3,(H-,19,20,21)/p+1/t15-/m1/s1. The van der Waals surface area contributed by atoms with Crippen LogP contribution in [0.15, 0.2) is 24.4 Å². The van der Waals surface area contributed by atoms with E-state index in [-0.39, 0.29) is 5.75 Å². The van der Waals surface area contributed by atoms with Crippen molar-refractivity contribution in [2.45, 2.75) is 24.9 Å². The van der Waals surface area contributed by atoms with Gasteiger partial charge in [0.2, 0.25) is 0 Å². The van der Waals surface area contributed by atoms with Crippen LogP contribution in [-0.2, 0) is 11.0 Å². The number of rotatable bonds is 4. The Bertz CT molecular complexity index is 822. The van der Waals surface area contributed by atoms with Gasteiger partial charge in [0.25, 0.3) is 6.57 Å². The van der Waals surface area contributed by atoms with Crippen molar-refractivity contribution >= 4 is 18.7 Å². The van der Waals surface area contributed by atoms with Crippen molar-refractivity contribution < 1.29 is 18.9 Å². The molecule has 0 amide bonds. The molecule has 122 valence electrons. The Morgan fingerprint density at radius 2 is 2.30 bits per heavy atom. The summed E-state index contributed by atoms with van der Waals surface area (Å²) in [7, 11) is -2.65. The van der Waals surface area contributed by atoms with Crippen LogP contribution in [0.2, 0.25) is 0 Å². The van der Waals surface area contributed by atoms with Gasteiger partial charge in [0.05, 0.1) is 6.42 Å². The molecule has 1 fully saturated rings. The normalized spacial score (nSPS) is 22.3. The maximum atomic E-state index is 11.2. The number of aromatic nitrogens is 1. The molecule has 0 saturated carbocycles. The molecule has 0 bridgehead atoms. The first-order valence-electron chi connectivity index (χ1n) is 7.32. The molecule has 2 heterocycles. The second-order valence-corrected chi connectivity index (χ2v) is 7.05. The highest BCUT2D eigenvalue weighted by molar-refractivity contribution is 7.46. The third kappa shape index (κ3) is 2.99. The maximum absolute atomic E-state index is 11.2. The van der Waals surface area contributed by atoms with Gasteiger partial charge in [-0.2, -0.15) is 0 Å². The van der Waals surface area contributed by atoms with E-state index in [0.29, 0.717) is 11.8 Å². The summed E-state index contributed by atoms with van der Waals surface area (Å²) in [5, 5.41) is 0.652. The van der Waals surface area contributed by atoms with Crippen molar-refractivity contribution in [3.05, 3.63) is 34.8 Å². The SMILES string of the molecule is C#[N+][C@]1(Cc2c[nH]c3cccc(OP(=O)(O)O)c23)CCCN1C. The molecule has 3 N–H and O–H groups in total. The van der Waals surface area contributed by atoms with E-state index in [1.807, 2.05) is 19.3 Å². The van der Waals surface area contributed by atoms with Crippen LogP contribution < -0.4 is 4.52 Å². The first kappa shape index (κ1) is 16.0. The Hall–Kier alpha value is -1.84. The lowest BCUT2D eigenvalue weighted by Crippen LogP contribution is -2.40. The van der Waals surface area contributed by atoms with Crippen LogP contribution in [0, 0.1) is 6.57 Å². The molecule has 1 aromatic carbocycles. The van der Waals surface area contributed by atoms with Gasteiger partial charge in [0.1, 0.15) is 5.75 Å². The molecule has 1 saturated heterocycles. The predicted molar refractivity (Wildman–Crippen MR) is 87.6 cm³/mol. The van der Waals surface area contributed by atoms with Crippen molar-refractivity contribution in [2.75, 3.05) is 13.6 Å². The van der Waals surface area contributed by atoms with Gasteiger partial charge in [-0.15, -0.1) is 0 Å². The first-order chi connectivity index (χ1) is 10.8. The number of benzene rings is 1. The lowest BCUT2D eigenvalue weighted by molar-refractivity contribution is 0.226. The van der Waals surface area contributed by atoms with E-state index in [1.165, 1.54) is 0 Å². The van der Waals surface area contributed by atoms with Crippen molar-refractivity contribution in [3.8, 4) is 12.3 Å². The average molecular weight is 336 g/mol. The number of phosphoric acid groups is 1. The monoisotopic (exact) mass is 336 g/mol. The molecule has 0 radical (unpaired) electrons. The molecule has 1 atom stereocenters. The quantitative estimate of drug-likeness (QED) is 0.747. The van der Waals surface area contributed by atoms with Gasteiger partial charge in [0, 0.05) is 30.1 Å². The van der Waals surface area contributed by atoms with E-state index in [9.17, 15) is 4.57 Å². The molecule has 3 rings (SSSR count). The molecule has 1 aliphatic rings. The minimum atomic E-state index is -4.63. The third-order valence-corrected chi connectivity index (χ3v) is 4.90. The van der Waals surface area contributed by atoms with Crippen molar-refractivity contribution in [1.82, 2.24) is 9.88 Å². The number of hydrogen-bond acceptors (Lipinski definition) is 3. The summed E-state index contributed by atoms with van der Waals surface area (Å²) in [6.45, 7) is 6.59. The summed E-state index contributed by atoms with van der Waals surface area (Å²) in [6.07, 6.45) is 4.21. The zero-order valence-electron chi connectivity index (χ0n) is 12.8. The van der Waals surface area contributed by atoms with Gasteiger partial charge >= 0.3 is 13.5 Å². The van der Waals surface area contributed by atoms with Crippen molar-refractivity contribution in [2.24, 2.45) is 0 Å². The first-order valence-corrected chi connectivity index (χ1v) is 8.85. The molecule has 23 heavy (non-hydrogen) atoms. The molecule has 0 unspecified atom stereocenters. The van der Waals surface area contributed by atoms with Crippen LogP contribution in [0.1, 0.15) is 18.4 Å². The molecule has 8 heteroatoms. The van der Waals surface area contributed by atoms with Crippen LogP contribution in [0.25, 0.3) is 15.7 Å². The van der Waals surface area contributed by atoms with Crippen LogP contribution in [0.5, 0.6) is 5.75 Å². The van der Waals surface area contributed by atoms with Gasteiger partial charge in [-0.1, -0.05) is 10.9 Å². The van der Waals surface area contributed by atoms with Gasteiger partial charge in [0.15, 0.2) is 0 Å². The maximum Gasteiger partial charge on any atom is 0.524 e. The van der Waals surface area contributed by atoms with Crippen LogP contribution in [0.4, 0.5) is 0 Å². The molecule has 1 aliphatic heterocycles. The Balaban J connectivity index is 2.05. The second kappa shape index (κ2) is 5.66. The highest BCUT2D eigenvalue weighted by Gasteiger charge is 2.49. The van der Waals surface area contributed by atoms with Crippen LogP contribution in [-0.4, -0.2) is 38.9 Å². The van der Waals surface area contributed by atoms with E-state index >= 15 is 0 Å². The largest absolute Gasteiger partial charge is 0.524 e. The lowest BCUT2D eigenvalue weighted by atomic mass is 9.97. The molecular formula is C15H19N3O4P+. The summed E-state index contributed by atoms with van der Waals surface area (Å²) in [6, 6.07) is 5.05. The lowest BCUT2D eigenvalue weighted by Gasteiger charge is -2.20. The number of nitrogens with zero attached hydrogens (tertiary/aromatic N) is 2. The molecule has 0 aliphatic carbocycles. The predicted octanol–water partition coefficient (Wildman–Crippen LogP) is 2.57. The average Bonchev–Trinajstić information content (AvgIpc) is 3.04. The molecule has 2 aromatic rings. The zero-order valence-corrected chi connectivity index (χ0v) is 13.7. The van der Waals surface area contributed by atoms with Gasteiger partial charge in [-0.05, 0) is 31.2 Å². The highest BCUT2D eigenvalue weighted by Crippen LogP contribution is 2.43. The van der Waals surface area contributed by atoms with Gasteiger partial charge in [-0.25, -0.2) is 9.46 Å². The second-order valence-electron chi connectivity index (χ2n) is 5.89. The van der Waals surface area contributed by atoms with Crippen molar-refractivity contribution in [3.63, 3.8) is 0 Å². The Labute approximate surface area is 133 Å². The number of aromatic amines is 1. The van der Waals surface area contributed by atoms with Crippen LogP contribution in [0.3, 0.4) is 0 Å². The Morgan fingerprint density at radius 3 is 2.91 bits per heavy atom. The fourth-order valence-corrected chi connectivity index (χ4v) is 3.71. The fraction of sp³-hybridized carbons (Fsp3) is 0.400. The number of fused-ring (bicyclic) bond motifs is 1. The summed E-state index contributed by atoms with van der Waals surface area (Å²) >= 11 is 0. The van der Waals surface area contributed by atoms with E-state index in [4.69, 9.17) is 20.9 Å². The summed E-state index contributed by atoms with van der Waals surface area (Å²) in [5.74, 6) is 0.153. The van der Waals surface area contributed by atoms with E-state index in [0.717, 1.165) is 30.5 Å². The molecule has 0 spiro atoms. The van der Waals surface area contributed by atoms with Crippen molar-refractivity contribution in [1.29, 1.82) is 0 Å². The summed E-state index contributed by atoms with van der Waals surface area (Å²) in [5.41, 5.74) is 1.12. The fourth-order valence-electron chi connectivity index (χ4n) is 3.30.